The van der Waals surface area contributed by atoms with E-state index in [0.29, 0.717) is 44.2 Å². The van der Waals surface area contributed by atoms with Gasteiger partial charge < -0.3 is 10.2 Å². The molecule has 0 radical (unpaired) electrons. The molecule has 1 aliphatic carbocycles. The zero-order chi connectivity index (χ0) is 20.9. The summed E-state index contributed by atoms with van der Waals surface area (Å²) >= 11 is 0. The Hall–Kier alpha value is -2.09. The first kappa shape index (κ1) is 21.6. The van der Waals surface area contributed by atoms with Crippen LogP contribution in [0.25, 0.3) is 0 Å². The van der Waals surface area contributed by atoms with Crippen molar-refractivity contribution in [2.75, 3.05) is 38.0 Å². The van der Waals surface area contributed by atoms with Gasteiger partial charge >= 0.3 is 6.18 Å². The summed E-state index contributed by atoms with van der Waals surface area (Å²) in [6, 6.07) is 4.41. The molecule has 5 nitrogen and oxygen atoms in total. The molecule has 1 saturated heterocycles. The van der Waals surface area contributed by atoms with Gasteiger partial charge in [-0.15, -0.1) is 0 Å². The molecule has 1 saturated carbocycles. The van der Waals surface area contributed by atoms with Crippen molar-refractivity contribution in [3.8, 4) is 0 Å². The van der Waals surface area contributed by atoms with E-state index in [2.05, 4.69) is 5.32 Å². The molecule has 2 aliphatic rings. The number of piperazine rings is 1. The van der Waals surface area contributed by atoms with E-state index in [0.717, 1.165) is 25.0 Å². The Labute approximate surface area is 169 Å². The molecule has 2 fully saturated rings. The first-order valence-corrected chi connectivity index (χ1v) is 10.3. The van der Waals surface area contributed by atoms with E-state index in [1.807, 2.05) is 9.80 Å². The summed E-state index contributed by atoms with van der Waals surface area (Å²) in [5.74, 6) is 0.460. The number of alkyl halides is 3. The molecule has 29 heavy (non-hydrogen) atoms. The molecule has 2 amide bonds. The molecule has 1 aromatic rings. The van der Waals surface area contributed by atoms with Crippen LogP contribution in [0, 0.1) is 5.92 Å². The largest absolute Gasteiger partial charge is 0.416 e. The normalized spacial score (nSPS) is 19.2. The van der Waals surface area contributed by atoms with Gasteiger partial charge in [0.2, 0.25) is 11.8 Å². The van der Waals surface area contributed by atoms with Gasteiger partial charge in [0.1, 0.15) is 0 Å². The summed E-state index contributed by atoms with van der Waals surface area (Å²) in [4.78, 5) is 28.5. The number of nitrogens with zero attached hydrogens (tertiary/aromatic N) is 2. The molecular weight excluding hydrogens is 383 g/mol. The predicted molar refractivity (Wildman–Crippen MR) is 104 cm³/mol. The number of halogens is 3. The third-order valence-corrected chi connectivity index (χ3v) is 5.78. The molecule has 3 rings (SSSR count). The third-order valence-electron chi connectivity index (χ3n) is 5.78. The van der Waals surface area contributed by atoms with E-state index in [9.17, 15) is 22.8 Å². The standard InChI is InChI=1S/C21H28F3N3O2/c22-21(23,24)17-6-8-18(9-7-17)25-19(28)15-26-10-12-27(13-11-26)20(29)14-16-4-2-1-3-5-16/h6-9,16H,1-5,10-15H2,(H,25,28). The van der Waals surface area contributed by atoms with Crippen LogP contribution in [0.5, 0.6) is 0 Å². The Kier molecular flexibility index (Phi) is 7.16. The second kappa shape index (κ2) is 9.61. The van der Waals surface area contributed by atoms with Gasteiger partial charge in [-0.3, -0.25) is 14.5 Å². The molecular formula is C21H28F3N3O2. The van der Waals surface area contributed by atoms with E-state index in [1.165, 1.54) is 31.4 Å². The molecule has 0 bridgehead atoms. The third kappa shape index (κ3) is 6.45. The van der Waals surface area contributed by atoms with Crippen LogP contribution in [0.4, 0.5) is 18.9 Å². The molecule has 0 spiro atoms. The number of hydrogen-bond acceptors (Lipinski definition) is 3. The smallest absolute Gasteiger partial charge is 0.340 e. The molecule has 1 aromatic carbocycles. The van der Waals surface area contributed by atoms with Gasteiger partial charge in [-0.1, -0.05) is 19.3 Å². The molecule has 8 heteroatoms. The van der Waals surface area contributed by atoms with Crippen molar-refractivity contribution < 1.29 is 22.8 Å². The van der Waals surface area contributed by atoms with Crippen molar-refractivity contribution in [1.82, 2.24) is 9.80 Å². The summed E-state index contributed by atoms with van der Waals surface area (Å²) in [6.07, 6.45) is 2.26. The second-order valence-corrected chi connectivity index (χ2v) is 7.99. The van der Waals surface area contributed by atoms with Gasteiger partial charge in [0.25, 0.3) is 0 Å². The fourth-order valence-corrected chi connectivity index (χ4v) is 4.07. The molecule has 1 heterocycles. The molecule has 0 unspecified atom stereocenters. The summed E-state index contributed by atoms with van der Waals surface area (Å²) < 4.78 is 37.8. The summed E-state index contributed by atoms with van der Waals surface area (Å²) in [7, 11) is 0. The van der Waals surface area contributed by atoms with Crippen molar-refractivity contribution in [3.63, 3.8) is 0 Å². The van der Waals surface area contributed by atoms with Gasteiger partial charge in [0.15, 0.2) is 0 Å². The van der Waals surface area contributed by atoms with Crippen molar-refractivity contribution in [2.45, 2.75) is 44.7 Å². The Morgan fingerprint density at radius 1 is 0.966 bits per heavy atom. The van der Waals surface area contributed by atoms with Crippen molar-refractivity contribution in [3.05, 3.63) is 29.8 Å². The maximum Gasteiger partial charge on any atom is 0.416 e. The van der Waals surface area contributed by atoms with E-state index < -0.39 is 11.7 Å². The van der Waals surface area contributed by atoms with Crippen molar-refractivity contribution >= 4 is 17.5 Å². The first-order valence-electron chi connectivity index (χ1n) is 10.3. The lowest BCUT2D eigenvalue weighted by atomic mass is 9.86. The minimum absolute atomic E-state index is 0.158. The minimum atomic E-state index is -4.39. The molecule has 1 aliphatic heterocycles. The van der Waals surface area contributed by atoms with Crippen LogP contribution in [0.2, 0.25) is 0 Å². The van der Waals surface area contributed by atoms with Crippen molar-refractivity contribution in [2.24, 2.45) is 5.92 Å². The first-order chi connectivity index (χ1) is 13.8. The molecule has 160 valence electrons. The average molecular weight is 411 g/mol. The highest BCUT2D eigenvalue weighted by Crippen LogP contribution is 2.30. The molecule has 1 N–H and O–H groups in total. The summed E-state index contributed by atoms with van der Waals surface area (Å²) in [5, 5.41) is 2.63. The Morgan fingerprint density at radius 3 is 2.17 bits per heavy atom. The van der Waals surface area contributed by atoms with Crippen LogP contribution >= 0.6 is 0 Å². The van der Waals surface area contributed by atoms with Crippen LogP contribution < -0.4 is 5.32 Å². The number of benzene rings is 1. The van der Waals surface area contributed by atoms with Gasteiger partial charge in [-0.05, 0) is 43.0 Å². The SMILES string of the molecule is O=C(CN1CCN(C(=O)CC2CCCCC2)CC1)Nc1ccc(C(F)(F)F)cc1. The Bertz CT molecular complexity index is 692. The number of nitrogens with one attached hydrogen (secondary N) is 1. The fourth-order valence-electron chi connectivity index (χ4n) is 4.07. The molecule has 0 aromatic heterocycles. The van der Waals surface area contributed by atoms with Gasteiger partial charge in [-0.25, -0.2) is 0 Å². The van der Waals surface area contributed by atoms with E-state index in [4.69, 9.17) is 0 Å². The van der Waals surface area contributed by atoms with Gasteiger partial charge in [-0.2, -0.15) is 13.2 Å². The van der Waals surface area contributed by atoms with Crippen LogP contribution in [0.1, 0.15) is 44.1 Å². The number of rotatable bonds is 5. The number of amides is 2. The quantitative estimate of drug-likeness (QED) is 0.803. The van der Waals surface area contributed by atoms with Gasteiger partial charge in [0.05, 0.1) is 12.1 Å². The highest BCUT2D eigenvalue weighted by atomic mass is 19.4. The average Bonchev–Trinajstić information content (AvgIpc) is 2.69. The highest BCUT2D eigenvalue weighted by molar-refractivity contribution is 5.92. The zero-order valence-corrected chi connectivity index (χ0v) is 16.5. The maximum absolute atomic E-state index is 12.6. The molecule has 0 atom stereocenters. The van der Waals surface area contributed by atoms with Crippen LogP contribution in [-0.2, 0) is 15.8 Å². The van der Waals surface area contributed by atoms with Gasteiger partial charge in [0, 0.05) is 38.3 Å². The Morgan fingerprint density at radius 2 is 1.59 bits per heavy atom. The lowest BCUT2D eigenvalue weighted by Gasteiger charge is -2.35. The lowest BCUT2D eigenvalue weighted by molar-refractivity contribution is -0.137. The van der Waals surface area contributed by atoms with Crippen LogP contribution in [0.3, 0.4) is 0 Å². The second-order valence-electron chi connectivity index (χ2n) is 7.99. The van der Waals surface area contributed by atoms with Crippen LogP contribution in [-0.4, -0.2) is 54.3 Å². The van der Waals surface area contributed by atoms with E-state index in [1.54, 1.807) is 0 Å². The van der Waals surface area contributed by atoms with Crippen molar-refractivity contribution in [1.29, 1.82) is 0 Å². The monoisotopic (exact) mass is 411 g/mol. The van der Waals surface area contributed by atoms with E-state index >= 15 is 0 Å². The van der Waals surface area contributed by atoms with Crippen LogP contribution in [0.15, 0.2) is 24.3 Å². The topological polar surface area (TPSA) is 52.7 Å². The highest BCUT2D eigenvalue weighted by Gasteiger charge is 2.30. The number of carbonyl (C=O) groups excluding carboxylic acids is 2. The summed E-state index contributed by atoms with van der Waals surface area (Å²) in [5.41, 5.74) is -0.409. The number of hydrogen-bond donors (Lipinski definition) is 1. The maximum atomic E-state index is 12.6. The number of anilines is 1. The number of carbonyl (C=O) groups is 2. The Balaban J connectivity index is 1.39. The lowest BCUT2D eigenvalue weighted by Crippen LogP contribution is -2.50. The zero-order valence-electron chi connectivity index (χ0n) is 16.5. The summed E-state index contributed by atoms with van der Waals surface area (Å²) in [6.45, 7) is 2.62. The fraction of sp³-hybridized carbons (Fsp3) is 0.619. The predicted octanol–water partition coefficient (Wildman–Crippen LogP) is 3.76. The van der Waals surface area contributed by atoms with E-state index in [-0.39, 0.29) is 18.4 Å². The minimum Gasteiger partial charge on any atom is -0.340 e.